The van der Waals surface area contributed by atoms with Crippen LogP contribution in [-0.2, 0) is 27.5 Å². The minimum absolute atomic E-state index is 0.179. The number of allylic oxidation sites excluding steroid dienone is 2. The molecule has 1 fully saturated rings. The van der Waals surface area contributed by atoms with E-state index in [4.69, 9.17) is 9.47 Å². The molecule has 0 aliphatic heterocycles. The maximum absolute atomic E-state index is 11.9. The highest BCUT2D eigenvalue weighted by atomic mass is 16.5. The Morgan fingerprint density at radius 3 is 1.79 bits per heavy atom. The van der Waals surface area contributed by atoms with Crippen LogP contribution in [0.1, 0.15) is 37.8 Å². The van der Waals surface area contributed by atoms with Gasteiger partial charge in [0, 0.05) is 10.8 Å². The Balaban J connectivity index is 1.67. The van der Waals surface area contributed by atoms with E-state index in [-0.39, 0.29) is 5.41 Å². The first kappa shape index (κ1) is 20.5. The summed E-state index contributed by atoms with van der Waals surface area (Å²) < 4.78 is 12.2. The molecule has 0 spiro atoms. The van der Waals surface area contributed by atoms with E-state index in [0.717, 1.165) is 30.3 Å². The molecule has 1 saturated carbocycles. The minimum atomic E-state index is -0.430. The summed E-state index contributed by atoms with van der Waals surface area (Å²) in [5, 5.41) is 0. The largest absolute Gasteiger partial charge is 0.376 e. The molecule has 1 unspecified atom stereocenters. The van der Waals surface area contributed by atoms with Gasteiger partial charge in [0.15, 0.2) is 0 Å². The van der Waals surface area contributed by atoms with E-state index in [1.165, 1.54) is 5.57 Å². The Bertz CT molecular complexity index is 736. The summed E-state index contributed by atoms with van der Waals surface area (Å²) in [5.74, 6) is 0. The average Bonchev–Trinajstić information content (AvgIpc) is 3.02. The highest BCUT2D eigenvalue weighted by molar-refractivity contribution is 5.66. The van der Waals surface area contributed by atoms with Crippen molar-refractivity contribution >= 4 is 6.29 Å². The van der Waals surface area contributed by atoms with Gasteiger partial charge in [-0.15, -0.1) is 0 Å². The predicted octanol–water partition coefficient (Wildman–Crippen LogP) is 5.35. The van der Waals surface area contributed by atoms with Gasteiger partial charge in [0.05, 0.1) is 26.4 Å². The van der Waals surface area contributed by atoms with E-state index in [0.29, 0.717) is 26.4 Å². The third-order valence-corrected chi connectivity index (χ3v) is 5.69. The van der Waals surface area contributed by atoms with E-state index in [1.807, 2.05) is 50.2 Å². The lowest BCUT2D eigenvalue weighted by Crippen LogP contribution is -2.31. The summed E-state index contributed by atoms with van der Waals surface area (Å²) in [6, 6.07) is 20.4. The van der Waals surface area contributed by atoms with Crippen molar-refractivity contribution in [2.45, 2.75) is 39.9 Å². The molecule has 1 aliphatic carbocycles. The van der Waals surface area contributed by atoms with Crippen LogP contribution < -0.4 is 0 Å². The molecule has 1 aliphatic rings. The van der Waals surface area contributed by atoms with Crippen LogP contribution in [0.4, 0.5) is 0 Å². The van der Waals surface area contributed by atoms with Crippen molar-refractivity contribution in [3.8, 4) is 0 Å². The molecule has 3 nitrogen and oxygen atoms in total. The smallest absolute Gasteiger partial charge is 0.129 e. The molecule has 0 heterocycles. The van der Waals surface area contributed by atoms with Gasteiger partial charge in [-0.05, 0) is 37.8 Å². The second kappa shape index (κ2) is 9.31. The second-order valence-corrected chi connectivity index (χ2v) is 8.16. The number of carbonyl (C=O) groups is 1. The minimum Gasteiger partial charge on any atom is -0.376 e. The van der Waals surface area contributed by atoms with Gasteiger partial charge in [-0.1, -0.05) is 72.3 Å². The van der Waals surface area contributed by atoms with Crippen molar-refractivity contribution in [3.05, 3.63) is 83.4 Å². The normalized spacial score (nSPS) is 22.4. The van der Waals surface area contributed by atoms with E-state index in [1.54, 1.807) is 0 Å². The van der Waals surface area contributed by atoms with Crippen LogP contribution in [0.3, 0.4) is 0 Å². The van der Waals surface area contributed by atoms with Crippen LogP contribution in [0.25, 0.3) is 0 Å². The molecular weight excluding hydrogens is 348 g/mol. The summed E-state index contributed by atoms with van der Waals surface area (Å²) in [5.41, 5.74) is 2.90. The number of hydrogen-bond acceptors (Lipinski definition) is 3. The third kappa shape index (κ3) is 4.98. The van der Waals surface area contributed by atoms with Gasteiger partial charge >= 0.3 is 0 Å². The van der Waals surface area contributed by atoms with E-state index in [2.05, 4.69) is 30.3 Å². The van der Waals surface area contributed by atoms with Gasteiger partial charge in [-0.2, -0.15) is 0 Å². The molecule has 28 heavy (non-hydrogen) atoms. The molecule has 2 aromatic rings. The van der Waals surface area contributed by atoms with Crippen LogP contribution in [0.2, 0.25) is 0 Å². The van der Waals surface area contributed by atoms with Gasteiger partial charge in [-0.25, -0.2) is 0 Å². The molecule has 2 aromatic carbocycles. The zero-order valence-corrected chi connectivity index (χ0v) is 16.9. The van der Waals surface area contributed by atoms with Crippen molar-refractivity contribution in [2.75, 3.05) is 13.2 Å². The number of aldehydes is 1. The number of hydrogen-bond donors (Lipinski definition) is 0. The van der Waals surface area contributed by atoms with Gasteiger partial charge in [0.1, 0.15) is 6.29 Å². The molecule has 0 radical (unpaired) electrons. The van der Waals surface area contributed by atoms with Crippen molar-refractivity contribution in [1.29, 1.82) is 0 Å². The lowest BCUT2D eigenvalue weighted by atomic mass is 9.81. The molecular formula is C25H30O3. The van der Waals surface area contributed by atoms with Crippen LogP contribution >= 0.6 is 0 Å². The number of rotatable bonds is 9. The van der Waals surface area contributed by atoms with Crippen LogP contribution in [0.5, 0.6) is 0 Å². The quantitative estimate of drug-likeness (QED) is 0.436. The molecule has 0 aromatic heterocycles. The summed E-state index contributed by atoms with van der Waals surface area (Å²) >= 11 is 0. The third-order valence-electron chi connectivity index (χ3n) is 5.69. The fraction of sp³-hybridized carbons (Fsp3) is 0.400. The first-order valence-electron chi connectivity index (χ1n) is 9.94. The highest BCUT2D eigenvalue weighted by Gasteiger charge is 2.49. The summed E-state index contributed by atoms with van der Waals surface area (Å²) in [4.78, 5) is 11.9. The van der Waals surface area contributed by atoms with E-state index in [9.17, 15) is 4.79 Å². The fourth-order valence-electron chi connectivity index (χ4n) is 4.28. The summed E-state index contributed by atoms with van der Waals surface area (Å²) in [6.45, 7) is 6.36. The van der Waals surface area contributed by atoms with Gasteiger partial charge < -0.3 is 14.3 Å². The monoisotopic (exact) mass is 378 g/mol. The Morgan fingerprint density at radius 2 is 1.39 bits per heavy atom. The predicted molar refractivity (Wildman–Crippen MR) is 112 cm³/mol. The van der Waals surface area contributed by atoms with E-state index < -0.39 is 5.41 Å². The van der Waals surface area contributed by atoms with Crippen LogP contribution in [0, 0.1) is 10.8 Å². The molecule has 0 N–H and O–H groups in total. The van der Waals surface area contributed by atoms with Gasteiger partial charge in [-0.3, -0.25) is 0 Å². The fourth-order valence-corrected chi connectivity index (χ4v) is 4.28. The Morgan fingerprint density at radius 1 is 0.893 bits per heavy atom. The molecule has 0 bridgehead atoms. The standard InChI is InChI=1S/C25H30O3/c1-3-23-14-25(17-24(23,2)18-26,19-27-15-21-10-6-4-7-11-21)20-28-16-22-12-8-5-9-13-22/h3-13,18H,14-17,19-20H2,1-2H3/b23-3+. The summed E-state index contributed by atoms with van der Waals surface area (Å²) in [6.07, 6.45) is 4.78. The maximum atomic E-state index is 11.9. The van der Waals surface area contributed by atoms with Gasteiger partial charge in [0.25, 0.3) is 0 Å². The Hall–Kier alpha value is -2.23. The highest BCUT2D eigenvalue weighted by Crippen LogP contribution is 2.52. The first-order chi connectivity index (χ1) is 13.6. The molecule has 148 valence electrons. The van der Waals surface area contributed by atoms with Crippen molar-refractivity contribution in [1.82, 2.24) is 0 Å². The molecule has 0 amide bonds. The zero-order chi connectivity index (χ0) is 19.9. The molecule has 0 saturated heterocycles. The first-order valence-corrected chi connectivity index (χ1v) is 9.94. The SMILES string of the molecule is C/C=C1\CC(COCc2ccccc2)(COCc2ccccc2)CC1(C)C=O. The average molecular weight is 379 g/mol. The lowest BCUT2D eigenvalue weighted by molar-refractivity contribution is -0.115. The topological polar surface area (TPSA) is 35.5 Å². The zero-order valence-electron chi connectivity index (χ0n) is 16.9. The van der Waals surface area contributed by atoms with Crippen molar-refractivity contribution in [3.63, 3.8) is 0 Å². The molecule has 3 rings (SSSR count). The number of benzene rings is 2. The van der Waals surface area contributed by atoms with E-state index >= 15 is 0 Å². The van der Waals surface area contributed by atoms with Crippen molar-refractivity contribution < 1.29 is 14.3 Å². The molecule has 3 heteroatoms. The second-order valence-electron chi connectivity index (χ2n) is 8.16. The summed E-state index contributed by atoms with van der Waals surface area (Å²) in [7, 11) is 0. The molecule has 1 atom stereocenters. The van der Waals surface area contributed by atoms with Crippen LogP contribution in [-0.4, -0.2) is 19.5 Å². The number of ether oxygens (including phenoxy) is 2. The maximum Gasteiger partial charge on any atom is 0.129 e. The lowest BCUT2D eigenvalue weighted by Gasteiger charge is -2.30. The van der Waals surface area contributed by atoms with Crippen molar-refractivity contribution in [2.24, 2.45) is 10.8 Å². The Kier molecular flexibility index (Phi) is 6.82. The Labute approximate surface area is 168 Å². The van der Waals surface area contributed by atoms with Gasteiger partial charge in [0.2, 0.25) is 0 Å². The van der Waals surface area contributed by atoms with Crippen LogP contribution in [0.15, 0.2) is 72.3 Å². The number of carbonyl (C=O) groups excluding carboxylic acids is 1.